The highest BCUT2D eigenvalue weighted by Crippen LogP contribution is 2.41. The molecule has 6 rings (SSSR count). The van der Waals surface area contributed by atoms with Crippen molar-refractivity contribution in [1.82, 2.24) is 40.8 Å². The van der Waals surface area contributed by atoms with Crippen molar-refractivity contribution in [3.05, 3.63) is 71.3 Å². The minimum Gasteiger partial charge on any atom is -0.457 e. The van der Waals surface area contributed by atoms with Crippen molar-refractivity contribution in [2.75, 3.05) is 41.0 Å². The third kappa shape index (κ3) is 9.58. The van der Waals surface area contributed by atoms with E-state index in [1.54, 1.807) is 23.4 Å². The molecule has 5 N–H and O–H groups in total. The van der Waals surface area contributed by atoms with Crippen molar-refractivity contribution in [2.45, 2.75) is 76.9 Å². The molecule has 310 valence electrons. The summed E-state index contributed by atoms with van der Waals surface area (Å²) in [6, 6.07) is 7.10. The number of likely N-dealkylation sites (tertiary alicyclic amines) is 1. The first-order chi connectivity index (χ1) is 28.0. The molecular weight excluding hydrogens is 751 g/mol. The van der Waals surface area contributed by atoms with E-state index in [0.717, 1.165) is 29.7 Å². The number of hydrogen-bond donors (Lipinski definition) is 5. The van der Waals surface area contributed by atoms with Crippen molar-refractivity contribution >= 4 is 24.0 Å². The van der Waals surface area contributed by atoms with Crippen molar-refractivity contribution in [3.63, 3.8) is 0 Å². The number of nitrogens with one attached hydrogen (secondary N) is 5. The molecule has 2 aliphatic heterocycles. The van der Waals surface area contributed by atoms with Gasteiger partial charge in [-0.3, -0.25) is 9.59 Å². The third-order valence-corrected chi connectivity index (χ3v) is 10.7. The molecule has 2 aliphatic rings. The van der Waals surface area contributed by atoms with Crippen LogP contribution in [0.2, 0.25) is 0 Å². The molecule has 58 heavy (non-hydrogen) atoms. The average Bonchev–Trinajstić information content (AvgIpc) is 4.02. The van der Waals surface area contributed by atoms with Crippen molar-refractivity contribution < 1.29 is 42.5 Å². The summed E-state index contributed by atoms with van der Waals surface area (Å²) in [6.45, 7) is 4.80. The van der Waals surface area contributed by atoms with E-state index in [4.69, 9.17) is 9.47 Å². The average molecular weight is 803 g/mol. The number of H-pyrrole nitrogens is 2. The molecule has 4 aromatic rings. The molecule has 4 atom stereocenters. The molecule has 17 heteroatoms. The molecule has 2 aromatic carbocycles. The Morgan fingerprint density at radius 3 is 2.48 bits per heavy atom. The van der Waals surface area contributed by atoms with E-state index in [1.165, 1.54) is 27.4 Å². The van der Waals surface area contributed by atoms with Gasteiger partial charge in [-0.05, 0) is 67.5 Å². The number of fused-ring (bicyclic) bond motifs is 2. The number of imidazole rings is 2. The minimum atomic E-state index is -0.896. The number of carbonyl (C=O) groups is 4. The molecule has 0 spiro atoms. The number of aromatic amines is 2. The number of carbonyl (C=O) groups excluding carboxylic acids is 4. The Hall–Kier alpha value is -5.97. The van der Waals surface area contributed by atoms with Crippen LogP contribution in [0.3, 0.4) is 0 Å². The van der Waals surface area contributed by atoms with Gasteiger partial charge in [0, 0.05) is 49.7 Å². The topological polar surface area (TPSA) is 202 Å². The second kappa shape index (κ2) is 19.0. The van der Waals surface area contributed by atoms with E-state index in [2.05, 4.69) is 45.4 Å². The first-order valence-corrected chi connectivity index (χ1v) is 19.5. The molecule has 4 amide bonds. The summed E-state index contributed by atoms with van der Waals surface area (Å²) in [7, 11) is 3.96. The number of amides is 4. The number of hydrogen-bond acceptors (Lipinski definition) is 10. The lowest BCUT2D eigenvalue weighted by molar-refractivity contribution is -0.135. The predicted molar refractivity (Wildman–Crippen MR) is 211 cm³/mol. The number of aryl methyl sites for hydroxylation is 1. The number of unbranched alkanes of at least 4 members (excludes halogenated alkanes) is 1. The van der Waals surface area contributed by atoms with E-state index in [1.807, 2.05) is 32.0 Å². The van der Waals surface area contributed by atoms with Crippen LogP contribution < -0.4 is 20.7 Å². The lowest BCUT2D eigenvalue weighted by Gasteiger charge is -2.27. The van der Waals surface area contributed by atoms with Gasteiger partial charge in [0.1, 0.15) is 41.0 Å². The summed E-state index contributed by atoms with van der Waals surface area (Å²) in [5, 5.41) is 8.05. The van der Waals surface area contributed by atoms with E-state index < -0.39 is 30.1 Å². The molecule has 1 unspecified atom stereocenters. The second-order valence-corrected chi connectivity index (χ2v) is 14.5. The second-order valence-electron chi connectivity index (χ2n) is 14.5. The maximum absolute atomic E-state index is 15.6. The highest BCUT2D eigenvalue weighted by Gasteiger charge is 2.36. The number of aromatic nitrogens is 4. The van der Waals surface area contributed by atoms with Crippen LogP contribution in [-0.4, -0.2) is 102 Å². The Bertz CT molecular complexity index is 2100. The van der Waals surface area contributed by atoms with Gasteiger partial charge in [-0.15, -0.1) is 0 Å². The van der Waals surface area contributed by atoms with E-state index in [-0.39, 0.29) is 30.4 Å². The highest BCUT2D eigenvalue weighted by atomic mass is 19.1. The Kier molecular flexibility index (Phi) is 13.6. The van der Waals surface area contributed by atoms with E-state index in [0.29, 0.717) is 85.2 Å². The van der Waals surface area contributed by atoms with Crippen LogP contribution in [0.15, 0.2) is 42.7 Å². The smallest absolute Gasteiger partial charge is 0.407 e. The summed E-state index contributed by atoms with van der Waals surface area (Å²) in [4.78, 5) is 67.2. The zero-order chi connectivity index (χ0) is 41.3. The van der Waals surface area contributed by atoms with Gasteiger partial charge >= 0.3 is 12.2 Å². The van der Waals surface area contributed by atoms with Gasteiger partial charge < -0.3 is 49.8 Å². The monoisotopic (exact) mass is 802 g/mol. The number of rotatable bonds is 16. The normalized spacial score (nSPS) is 16.0. The van der Waals surface area contributed by atoms with Gasteiger partial charge in [-0.1, -0.05) is 20.3 Å². The van der Waals surface area contributed by atoms with Crippen molar-refractivity contribution in [2.24, 2.45) is 5.92 Å². The zero-order valence-electron chi connectivity index (χ0n) is 33.4. The number of nitrogens with zero attached hydrogens (tertiary/aromatic N) is 3. The predicted octanol–water partition coefficient (Wildman–Crippen LogP) is 5.55. The van der Waals surface area contributed by atoms with E-state index >= 15 is 4.39 Å². The van der Waals surface area contributed by atoms with Crippen LogP contribution >= 0.6 is 0 Å². The van der Waals surface area contributed by atoms with Crippen LogP contribution in [0, 0.1) is 11.7 Å². The number of halogens is 1. The van der Waals surface area contributed by atoms with Crippen LogP contribution in [0.25, 0.3) is 22.5 Å². The fraction of sp³-hybridized carbons (Fsp3) is 0.463. The fourth-order valence-electron chi connectivity index (χ4n) is 7.31. The summed E-state index contributed by atoms with van der Waals surface area (Å²) in [6.07, 6.45) is 6.65. The van der Waals surface area contributed by atoms with Crippen LogP contribution in [0.5, 0.6) is 11.5 Å². The Labute approximate surface area is 336 Å². The Morgan fingerprint density at radius 2 is 1.72 bits per heavy atom. The zero-order valence-corrected chi connectivity index (χ0v) is 33.4. The molecule has 16 nitrogen and oxygen atoms in total. The largest absolute Gasteiger partial charge is 0.457 e. The number of methoxy groups -OCH3 is 3. The van der Waals surface area contributed by atoms with Gasteiger partial charge in [0.15, 0.2) is 0 Å². The summed E-state index contributed by atoms with van der Waals surface area (Å²) in [5.74, 6) is 1.56. The molecule has 1 fully saturated rings. The van der Waals surface area contributed by atoms with Gasteiger partial charge in [0.2, 0.25) is 11.8 Å². The Morgan fingerprint density at radius 1 is 0.966 bits per heavy atom. The van der Waals surface area contributed by atoms with Gasteiger partial charge in [0.25, 0.3) is 0 Å². The van der Waals surface area contributed by atoms with Crippen molar-refractivity contribution in [1.29, 1.82) is 0 Å². The maximum Gasteiger partial charge on any atom is 0.407 e. The first kappa shape index (κ1) is 41.7. The van der Waals surface area contributed by atoms with Crippen molar-refractivity contribution in [3.8, 4) is 34.0 Å². The number of benzene rings is 2. The summed E-state index contributed by atoms with van der Waals surface area (Å²) < 4.78 is 36.5. The Balaban J connectivity index is 1.05. The standard InChI is InChI=1S/C41H51FN8O8/c1-6-23(2)36(49-41(54)57-5)38(51)43-14-8-7-11-35-44-21-30(46-35)27-19-34-26(18-28(27)42)17-25-16-24(12-13-33(25)58-34)29-20-45-37(47-29)32-10-9-15-50(32)39(52)31(22-55-3)48-40(53)56-4/h12-13,16,18-21,23,31-32,36H,6-11,14-15,17,22H2,1-5H3,(H,43,51)(H,44,46)(H,45,47)(H,48,53)(H,49,54)/t23-,31-,32-,36?/m0/s1. The van der Waals surface area contributed by atoms with Gasteiger partial charge in [-0.25, -0.2) is 23.9 Å². The van der Waals surface area contributed by atoms with Crippen LogP contribution in [-0.2, 0) is 36.6 Å². The summed E-state index contributed by atoms with van der Waals surface area (Å²) in [5.41, 5.74) is 4.09. The van der Waals surface area contributed by atoms with E-state index in [9.17, 15) is 19.2 Å². The van der Waals surface area contributed by atoms with Crippen LogP contribution in [0.1, 0.15) is 74.8 Å². The molecule has 0 bridgehead atoms. The molecule has 2 aromatic heterocycles. The van der Waals surface area contributed by atoms with Gasteiger partial charge in [-0.2, -0.15) is 0 Å². The summed E-state index contributed by atoms with van der Waals surface area (Å²) >= 11 is 0. The van der Waals surface area contributed by atoms with Gasteiger partial charge in [0.05, 0.1) is 50.6 Å². The number of ether oxygens (including phenoxy) is 4. The lowest BCUT2D eigenvalue weighted by Crippen LogP contribution is -2.50. The molecule has 0 aliphatic carbocycles. The lowest BCUT2D eigenvalue weighted by atomic mass is 9.96. The SMILES string of the molecule is CC[C@H](C)C(NC(=O)OC)C(=O)NCCCCc1ncc(-c2cc3c(cc2F)Cc2cc(-c4cnc([C@@H]5CCCN5C(=O)[C@H](COC)NC(=O)OC)[nH]4)ccc2O3)[nH]1. The molecule has 4 heterocycles. The molecule has 1 saturated heterocycles. The number of alkyl carbamates (subject to hydrolysis) is 2. The quantitative estimate of drug-likeness (QED) is 0.0788. The fourth-order valence-corrected chi connectivity index (χ4v) is 7.31. The highest BCUT2D eigenvalue weighted by molar-refractivity contribution is 5.87. The molecular formula is C41H51FN8O8. The molecule has 0 saturated carbocycles. The first-order valence-electron chi connectivity index (χ1n) is 19.5. The van der Waals surface area contributed by atoms with Crippen LogP contribution in [0.4, 0.5) is 14.0 Å². The minimum absolute atomic E-state index is 0.00205. The molecule has 0 radical (unpaired) electrons. The third-order valence-electron chi connectivity index (χ3n) is 10.7. The maximum atomic E-state index is 15.6.